The van der Waals surface area contributed by atoms with Crippen molar-refractivity contribution in [3.05, 3.63) is 64.2 Å². The summed E-state index contributed by atoms with van der Waals surface area (Å²) in [7, 11) is 1.53. The SMILES string of the molecule is CCc1ccc(C(=O)c2ccc(Cl)cc2OC)cc1. The Balaban J connectivity index is 2.37. The number of ketones is 1. The minimum atomic E-state index is -0.0591. The third-order valence-electron chi connectivity index (χ3n) is 3.03. The molecule has 2 nitrogen and oxygen atoms in total. The molecule has 2 rings (SSSR count). The van der Waals surface area contributed by atoms with Crippen molar-refractivity contribution in [2.24, 2.45) is 0 Å². The van der Waals surface area contributed by atoms with Gasteiger partial charge in [-0.3, -0.25) is 4.79 Å². The number of benzene rings is 2. The predicted molar refractivity (Wildman–Crippen MR) is 77.3 cm³/mol. The number of hydrogen-bond acceptors (Lipinski definition) is 2. The monoisotopic (exact) mass is 274 g/mol. The summed E-state index contributed by atoms with van der Waals surface area (Å²) in [6.07, 6.45) is 0.957. The van der Waals surface area contributed by atoms with Gasteiger partial charge in [0.25, 0.3) is 0 Å². The van der Waals surface area contributed by atoms with E-state index in [1.807, 2.05) is 24.3 Å². The Morgan fingerprint density at radius 3 is 2.42 bits per heavy atom. The Labute approximate surface area is 118 Å². The predicted octanol–water partition coefficient (Wildman–Crippen LogP) is 4.14. The van der Waals surface area contributed by atoms with Crippen LogP contribution < -0.4 is 4.74 Å². The van der Waals surface area contributed by atoms with Crippen LogP contribution >= 0.6 is 11.6 Å². The Hall–Kier alpha value is -1.80. The van der Waals surface area contributed by atoms with Crippen molar-refractivity contribution in [2.75, 3.05) is 7.11 Å². The minimum absolute atomic E-state index is 0.0591. The highest BCUT2D eigenvalue weighted by atomic mass is 35.5. The highest BCUT2D eigenvalue weighted by Crippen LogP contribution is 2.25. The molecule has 2 aromatic rings. The van der Waals surface area contributed by atoms with Crippen LogP contribution in [0.2, 0.25) is 5.02 Å². The van der Waals surface area contributed by atoms with E-state index >= 15 is 0 Å². The van der Waals surface area contributed by atoms with Gasteiger partial charge in [0.15, 0.2) is 5.78 Å². The Morgan fingerprint density at radius 1 is 1.16 bits per heavy atom. The molecule has 0 radical (unpaired) electrons. The number of ether oxygens (including phenoxy) is 1. The van der Waals surface area contributed by atoms with Gasteiger partial charge in [-0.2, -0.15) is 0 Å². The fourth-order valence-electron chi connectivity index (χ4n) is 1.90. The topological polar surface area (TPSA) is 26.3 Å². The zero-order chi connectivity index (χ0) is 13.8. The molecule has 98 valence electrons. The van der Waals surface area contributed by atoms with Gasteiger partial charge in [0.05, 0.1) is 12.7 Å². The van der Waals surface area contributed by atoms with Crippen LogP contribution in [-0.2, 0) is 6.42 Å². The molecule has 0 bridgehead atoms. The number of halogens is 1. The smallest absolute Gasteiger partial charge is 0.196 e. The van der Waals surface area contributed by atoms with Gasteiger partial charge in [-0.15, -0.1) is 0 Å². The van der Waals surface area contributed by atoms with Crippen molar-refractivity contribution >= 4 is 17.4 Å². The van der Waals surface area contributed by atoms with Gasteiger partial charge in [-0.1, -0.05) is 42.8 Å². The van der Waals surface area contributed by atoms with Crippen LogP contribution in [0.4, 0.5) is 0 Å². The Morgan fingerprint density at radius 2 is 1.84 bits per heavy atom. The van der Waals surface area contributed by atoms with E-state index in [1.54, 1.807) is 18.2 Å². The molecule has 3 heteroatoms. The van der Waals surface area contributed by atoms with Crippen LogP contribution in [0.1, 0.15) is 28.4 Å². The first-order valence-corrected chi connectivity index (χ1v) is 6.50. The van der Waals surface area contributed by atoms with Crippen LogP contribution in [0, 0.1) is 0 Å². The first-order valence-electron chi connectivity index (χ1n) is 6.13. The van der Waals surface area contributed by atoms with Gasteiger partial charge in [0.2, 0.25) is 0 Å². The molecular formula is C16H15ClO2. The molecule has 2 aromatic carbocycles. The van der Waals surface area contributed by atoms with Crippen LogP contribution in [0.15, 0.2) is 42.5 Å². The highest BCUT2D eigenvalue weighted by molar-refractivity contribution is 6.31. The van der Waals surface area contributed by atoms with Crippen molar-refractivity contribution in [3.8, 4) is 5.75 Å². The van der Waals surface area contributed by atoms with Crippen molar-refractivity contribution in [2.45, 2.75) is 13.3 Å². The van der Waals surface area contributed by atoms with Gasteiger partial charge in [0, 0.05) is 10.6 Å². The number of hydrogen-bond donors (Lipinski definition) is 0. The van der Waals surface area contributed by atoms with Gasteiger partial charge < -0.3 is 4.74 Å². The summed E-state index contributed by atoms with van der Waals surface area (Å²) in [4.78, 5) is 12.4. The van der Waals surface area contributed by atoms with E-state index in [2.05, 4.69) is 6.92 Å². The summed E-state index contributed by atoms with van der Waals surface area (Å²) in [5, 5.41) is 0.551. The summed E-state index contributed by atoms with van der Waals surface area (Å²) in [5.41, 5.74) is 2.38. The van der Waals surface area contributed by atoms with E-state index < -0.39 is 0 Å². The van der Waals surface area contributed by atoms with Gasteiger partial charge >= 0.3 is 0 Å². The summed E-state index contributed by atoms with van der Waals surface area (Å²) in [5.74, 6) is 0.438. The van der Waals surface area contributed by atoms with Crippen molar-refractivity contribution in [1.29, 1.82) is 0 Å². The quantitative estimate of drug-likeness (QED) is 0.783. The lowest BCUT2D eigenvalue weighted by molar-refractivity contribution is 0.103. The average Bonchev–Trinajstić information content (AvgIpc) is 2.46. The molecule has 0 heterocycles. The first-order chi connectivity index (χ1) is 9.15. The van der Waals surface area contributed by atoms with Crippen molar-refractivity contribution in [3.63, 3.8) is 0 Å². The maximum Gasteiger partial charge on any atom is 0.196 e. The molecule has 0 unspecified atom stereocenters. The van der Waals surface area contributed by atoms with Crippen LogP contribution in [0.5, 0.6) is 5.75 Å². The second-order valence-corrected chi connectivity index (χ2v) is 4.66. The summed E-state index contributed by atoms with van der Waals surface area (Å²) < 4.78 is 5.21. The molecule has 0 amide bonds. The second kappa shape index (κ2) is 5.89. The molecule has 0 fully saturated rings. The third kappa shape index (κ3) is 2.96. The zero-order valence-electron chi connectivity index (χ0n) is 10.9. The van der Waals surface area contributed by atoms with E-state index in [0.717, 1.165) is 6.42 Å². The molecule has 0 aliphatic heterocycles. The fraction of sp³-hybridized carbons (Fsp3) is 0.188. The van der Waals surface area contributed by atoms with Crippen LogP contribution in [0.3, 0.4) is 0 Å². The van der Waals surface area contributed by atoms with Crippen LogP contribution in [-0.4, -0.2) is 12.9 Å². The molecule has 0 atom stereocenters. The highest BCUT2D eigenvalue weighted by Gasteiger charge is 2.14. The van der Waals surface area contributed by atoms with Crippen LogP contribution in [0.25, 0.3) is 0 Å². The number of carbonyl (C=O) groups excluding carboxylic acids is 1. The number of rotatable bonds is 4. The van der Waals surface area contributed by atoms with E-state index in [-0.39, 0.29) is 5.78 Å². The fourth-order valence-corrected chi connectivity index (χ4v) is 2.06. The lowest BCUT2D eigenvalue weighted by atomic mass is 10.0. The minimum Gasteiger partial charge on any atom is -0.496 e. The molecule has 0 saturated heterocycles. The molecule has 0 aliphatic carbocycles. The summed E-state index contributed by atoms with van der Waals surface area (Å²) >= 11 is 5.89. The molecule has 0 spiro atoms. The van der Waals surface area contributed by atoms with Crippen molar-refractivity contribution in [1.82, 2.24) is 0 Å². The second-order valence-electron chi connectivity index (χ2n) is 4.22. The average molecular weight is 275 g/mol. The number of methoxy groups -OCH3 is 1. The van der Waals surface area contributed by atoms with E-state index in [1.165, 1.54) is 12.7 Å². The molecule has 0 saturated carbocycles. The lowest BCUT2D eigenvalue weighted by Crippen LogP contribution is -2.04. The van der Waals surface area contributed by atoms with E-state index in [0.29, 0.717) is 21.9 Å². The standard InChI is InChI=1S/C16H15ClO2/c1-3-11-4-6-12(7-5-11)16(18)14-9-8-13(17)10-15(14)19-2/h4-10H,3H2,1-2H3. The Bertz CT molecular complexity index is 588. The zero-order valence-corrected chi connectivity index (χ0v) is 11.7. The maximum absolute atomic E-state index is 12.4. The normalized spacial score (nSPS) is 10.3. The largest absolute Gasteiger partial charge is 0.496 e. The Kier molecular flexibility index (Phi) is 4.23. The molecule has 19 heavy (non-hydrogen) atoms. The molecule has 0 N–H and O–H groups in total. The van der Waals surface area contributed by atoms with Gasteiger partial charge in [0.1, 0.15) is 5.75 Å². The molecular weight excluding hydrogens is 260 g/mol. The van der Waals surface area contributed by atoms with E-state index in [4.69, 9.17) is 16.3 Å². The maximum atomic E-state index is 12.4. The molecule has 0 aliphatic rings. The third-order valence-corrected chi connectivity index (χ3v) is 3.27. The van der Waals surface area contributed by atoms with Gasteiger partial charge in [-0.05, 0) is 30.2 Å². The lowest BCUT2D eigenvalue weighted by Gasteiger charge is -2.08. The molecule has 0 aromatic heterocycles. The summed E-state index contributed by atoms with van der Waals surface area (Å²) in [6, 6.07) is 12.7. The number of aryl methyl sites for hydroxylation is 1. The van der Waals surface area contributed by atoms with E-state index in [9.17, 15) is 4.79 Å². The van der Waals surface area contributed by atoms with Crippen molar-refractivity contribution < 1.29 is 9.53 Å². The summed E-state index contributed by atoms with van der Waals surface area (Å²) in [6.45, 7) is 2.08. The first kappa shape index (κ1) is 13.6. The van der Waals surface area contributed by atoms with Gasteiger partial charge in [-0.25, -0.2) is 0 Å². The number of carbonyl (C=O) groups is 1.